The number of nitrogens with zero attached hydrogens (tertiary/aromatic N) is 1. The number of anilines is 1. The molecule has 5 heteroatoms. The Balaban J connectivity index is 1.94. The second-order valence-corrected chi connectivity index (χ2v) is 4.27. The molecule has 1 aromatic carbocycles. The summed E-state index contributed by atoms with van der Waals surface area (Å²) in [5, 5.41) is 0. The first kappa shape index (κ1) is 12.7. The van der Waals surface area contributed by atoms with Crippen molar-refractivity contribution in [1.29, 1.82) is 0 Å². The largest absolute Gasteiger partial charge is 0.481 e. The smallest absolute Gasteiger partial charge is 0.263 e. The van der Waals surface area contributed by atoms with Crippen molar-refractivity contribution in [3.05, 3.63) is 24.3 Å². The third-order valence-electron chi connectivity index (χ3n) is 2.84. The first-order chi connectivity index (χ1) is 8.66. The Labute approximate surface area is 106 Å². The van der Waals surface area contributed by atoms with Gasteiger partial charge in [0.2, 0.25) is 0 Å². The number of carbonyl (C=O) groups excluding carboxylic acids is 1. The van der Waals surface area contributed by atoms with Crippen molar-refractivity contribution >= 4 is 11.6 Å². The molecule has 1 heterocycles. The average molecular weight is 250 g/mol. The minimum Gasteiger partial charge on any atom is -0.481 e. The van der Waals surface area contributed by atoms with Crippen molar-refractivity contribution in [2.45, 2.75) is 13.0 Å². The Morgan fingerprint density at radius 1 is 1.44 bits per heavy atom. The molecule has 1 aliphatic heterocycles. The predicted octanol–water partition coefficient (Wildman–Crippen LogP) is 0.895. The molecule has 1 unspecified atom stereocenters. The number of carbonyl (C=O) groups is 1. The van der Waals surface area contributed by atoms with Crippen LogP contribution in [-0.4, -0.2) is 43.2 Å². The van der Waals surface area contributed by atoms with E-state index in [-0.39, 0.29) is 5.91 Å². The number of nitrogen functional groups attached to an aromatic ring is 1. The quantitative estimate of drug-likeness (QED) is 0.809. The third kappa shape index (κ3) is 3.13. The molecular weight excluding hydrogens is 232 g/mol. The second kappa shape index (κ2) is 5.73. The van der Waals surface area contributed by atoms with Gasteiger partial charge in [-0.1, -0.05) is 6.07 Å². The van der Waals surface area contributed by atoms with Gasteiger partial charge < -0.3 is 20.1 Å². The number of morpholine rings is 1. The van der Waals surface area contributed by atoms with Gasteiger partial charge in [0.15, 0.2) is 6.10 Å². The molecule has 98 valence electrons. The number of hydrogen-bond donors (Lipinski definition) is 1. The van der Waals surface area contributed by atoms with Gasteiger partial charge in [0.05, 0.1) is 13.2 Å². The van der Waals surface area contributed by atoms with Crippen LogP contribution in [0.15, 0.2) is 24.3 Å². The minimum atomic E-state index is -0.509. The maximum absolute atomic E-state index is 12.1. The van der Waals surface area contributed by atoms with Crippen molar-refractivity contribution in [1.82, 2.24) is 4.90 Å². The summed E-state index contributed by atoms with van der Waals surface area (Å²) < 4.78 is 10.8. The van der Waals surface area contributed by atoms with Crippen LogP contribution in [-0.2, 0) is 9.53 Å². The summed E-state index contributed by atoms with van der Waals surface area (Å²) >= 11 is 0. The van der Waals surface area contributed by atoms with Gasteiger partial charge in [-0.25, -0.2) is 0 Å². The number of nitrogens with two attached hydrogens (primary N) is 1. The van der Waals surface area contributed by atoms with Crippen LogP contribution in [0.25, 0.3) is 0 Å². The lowest BCUT2D eigenvalue weighted by Gasteiger charge is -2.29. The first-order valence-corrected chi connectivity index (χ1v) is 6.05. The highest BCUT2D eigenvalue weighted by atomic mass is 16.5. The molecule has 1 aromatic rings. The van der Waals surface area contributed by atoms with E-state index in [0.717, 1.165) is 0 Å². The van der Waals surface area contributed by atoms with Gasteiger partial charge >= 0.3 is 0 Å². The fourth-order valence-electron chi connectivity index (χ4n) is 1.88. The summed E-state index contributed by atoms with van der Waals surface area (Å²) in [5.74, 6) is 0.602. The van der Waals surface area contributed by atoms with Crippen LogP contribution in [0.4, 0.5) is 5.69 Å². The van der Waals surface area contributed by atoms with Gasteiger partial charge in [-0.05, 0) is 19.1 Å². The Morgan fingerprint density at radius 3 is 2.83 bits per heavy atom. The standard InChI is InChI=1S/C13H18N2O3/c1-10(13(16)15-5-7-17-8-6-15)18-12-4-2-3-11(14)9-12/h2-4,9-10H,5-8,14H2,1H3. The SMILES string of the molecule is CC(Oc1cccc(N)c1)C(=O)N1CCOCC1. The van der Waals surface area contributed by atoms with Crippen LogP contribution in [0.1, 0.15) is 6.92 Å². The van der Waals surface area contributed by atoms with Crippen LogP contribution in [0.2, 0.25) is 0 Å². The Kier molecular flexibility index (Phi) is 4.04. The van der Waals surface area contributed by atoms with Crippen LogP contribution in [0.3, 0.4) is 0 Å². The zero-order valence-corrected chi connectivity index (χ0v) is 10.5. The molecule has 0 aromatic heterocycles. The summed E-state index contributed by atoms with van der Waals surface area (Å²) in [5.41, 5.74) is 6.28. The van der Waals surface area contributed by atoms with E-state index < -0.39 is 6.10 Å². The molecule has 2 N–H and O–H groups in total. The maximum atomic E-state index is 12.1. The van der Waals surface area contributed by atoms with Gasteiger partial charge in [0.25, 0.3) is 5.91 Å². The van der Waals surface area contributed by atoms with E-state index in [1.807, 2.05) is 0 Å². The lowest BCUT2D eigenvalue weighted by molar-refractivity contribution is -0.142. The van der Waals surface area contributed by atoms with E-state index in [1.165, 1.54) is 0 Å². The van der Waals surface area contributed by atoms with E-state index in [2.05, 4.69) is 0 Å². The number of hydrogen-bond acceptors (Lipinski definition) is 4. The lowest BCUT2D eigenvalue weighted by atomic mass is 10.3. The number of rotatable bonds is 3. The van der Waals surface area contributed by atoms with Gasteiger partial charge in [0, 0.05) is 24.8 Å². The number of benzene rings is 1. The number of amides is 1. The van der Waals surface area contributed by atoms with Crippen molar-refractivity contribution in [3.63, 3.8) is 0 Å². The summed E-state index contributed by atoms with van der Waals surface area (Å²) in [4.78, 5) is 13.9. The lowest BCUT2D eigenvalue weighted by Crippen LogP contribution is -2.46. The van der Waals surface area contributed by atoms with E-state index >= 15 is 0 Å². The van der Waals surface area contributed by atoms with Gasteiger partial charge in [0.1, 0.15) is 5.75 Å². The summed E-state index contributed by atoms with van der Waals surface area (Å²) in [6, 6.07) is 7.08. The molecular formula is C13H18N2O3. The molecule has 0 radical (unpaired) electrons. The minimum absolute atomic E-state index is 0.0132. The fourth-order valence-corrected chi connectivity index (χ4v) is 1.88. The van der Waals surface area contributed by atoms with Crippen LogP contribution < -0.4 is 10.5 Å². The average Bonchev–Trinajstić information content (AvgIpc) is 2.39. The van der Waals surface area contributed by atoms with Crippen molar-refractivity contribution in [3.8, 4) is 5.75 Å². The summed E-state index contributed by atoms with van der Waals surface area (Å²) in [6.45, 7) is 4.20. The fraction of sp³-hybridized carbons (Fsp3) is 0.462. The molecule has 1 fully saturated rings. The molecule has 1 amide bonds. The van der Waals surface area contributed by atoms with Crippen molar-refractivity contribution < 1.29 is 14.3 Å². The molecule has 18 heavy (non-hydrogen) atoms. The molecule has 1 aliphatic rings. The van der Waals surface area contributed by atoms with Crippen LogP contribution >= 0.6 is 0 Å². The molecule has 0 spiro atoms. The highest BCUT2D eigenvalue weighted by Gasteiger charge is 2.23. The van der Waals surface area contributed by atoms with Gasteiger partial charge in [-0.2, -0.15) is 0 Å². The van der Waals surface area contributed by atoms with Gasteiger partial charge in [-0.15, -0.1) is 0 Å². The predicted molar refractivity (Wildman–Crippen MR) is 68.3 cm³/mol. The summed E-state index contributed by atoms with van der Waals surface area (Å²) in [6.07, 6.45) is -0.509. The molecule has 2 rings (SSSR count). The highest BCUT2D eigenvalue weighted by Crippen LogP contribution is 2.16. The zero-order chi connectivity index (χ0) is 13.0. The van der Waals surface area contributed by atoms with Crippen LogP contribution in [0, 0.1) is 0 Å². The Morgan fingerprint density at radius 2 is 2.17 bits per heavy atom. The zero-order valence-electron chi connectivity index (χ0n) is 10.5. The third-order valence-corrected chi connectivity index (χ3v) is 2.84. The maximum Gasteiger partial charge on any atom is 0.263 e. The Bertz CT molecular complexity index is 416. The van der Waals surface area contributed by atoms with Crippen LogP contribution in [0.5, 0.6) is 5.75 Å². The highest BCUT2D eigenvalue weighted by molar-refractivity contribution is 5.81. The van der Waals surface area contributed by atoms with Crippen molar-refractivity contribution in [2.24, 2.45) is 0 Å². The van der Waals surface area contributed by atoms with Crippen molar-refractivity contribution in [2.75, 3.05) is 32.0 Å². The number of ether oxygens (including phenoxy) is 2. The van der Waals surface area contributed by atoms with E-state index in [4.69, 9.17) is 15.2 Å². The van der Waals surface area contributed by atoms with E-state index in [1.54, 1.807) is 36.1 Å². The molecule has 1 saturated heterocycles. The molecule has 1 atom stereocenters. The topological polar surface area (TPSA) is 64.8 Å². The first-order valence-electron chi connectivity index (χ1n) is 6.05. The second-order valence-electron chi connectivity index (χ2n) is 4.27. The molecule has 5 nitrogen and oxygen atoms in total. The van der Waals surface area contributed by atoms with E-state index in [0.29, 0.717) is 37.7 Å². The normalized spacial score (nSPS) is 17.3. The molecule has 0 saturated carbocycles. The van der Waals surface area contributed by atoms with E-state index in [9.17, 15) is 4.79 Å². The molecule has 0 bridgehead atoms. The van der Waals surface area contributed by atoms with Gasteiger partial charge in [-0.3, -0.25) is 4.79 Å². The summed E-state index contributed by atoms with van der Waals surface area (Å²) in [7, 11) is 0. The monoisotopic (exact) mass is 250 g/mol. The Hall–Kier alpha value is -1.75. The molecule has 0 aliphatic carbocycles.